The Morgan fingerprint density at radius 3 is 2.76 bits per heavy atom. The molecule has 21 heavy (non-hydrogen) atoms. The molecule has 0 bridgehead atoms. The van der Waals surface area contributed by atoms with E-state index in [1.807, 2.05) is 7.05 Å². The van der Waals surface area contributed by atoms with Crippen LogP contribution >= 0.6 is 0 Å². The van der Waals surface area contributed by atoms with Gasteiger partial charge in [-0.25, -0.2) is 0 Å². The lowest BCUT2D eigenvalue weighted by Crippen LogP contribution is -2.51. The molecule has 0 aliphatic carbocycles. The highest BCUT2D eigenvalue weighted by atomic mass is 15.3. The second-order valence-corrected chi connectivity index (χ2v) is 7.29. The van der Waals surface area contributed by atoms with E-state index in [0.29, 0.717) is 11.5 Å². The van der Waals surface area contributed by atoms with E-state index in [1.54, 1.807) is 0 Å². The van der Waals surface area contributed by atoms with Crippen molar-refractivity contribution in [3.05, 3.63) is 0 Å². The molecule has 2 fully saturated rings. The summed E-state index contributed by atoms with van der Waals surface area (Å²) in [6, 6.07) is 0.675. The average molecular weight is 294 g/mol. The Kier molecular flexibility index (Phi) is 5.91. The van der Waals surface area contributed by atoms with E-state index in [1.165, 1.54) is 45.1 Å². The number of guanidine groups is 1. The van der Waals surface area contributed by atoms with Gasteiger partial charge in [0.1, 0.15) is 0 Å². The first-order valence-corrected chi connectivity index (χ1v) is 8.74. The van der Waals surface area contributed by atoms with Gasteiger partial charge in [-0.15, -0.1) is 0 Å². The van der Waals surface area contributed by atoms with Gasteiger partial charge in [0.2, 0.25) is 0 Å². The number of likely N-dealkylation sites (tertiary alicyclic amines) is 2. The fourth-order valence-corrected chi connectivity index (χ4v) is 4.08. The Labute approximate surface area is 131 Å². The predicted molar refractivity (Wildman–Crippen MR) is 90.8 cm³/mol. The molecule has 2 saturated heterocycles. The normalized spacial score (nSPS) is 31.7. The zero-order chi connectivity index (χ0) is 15.3. The maximum atomic E-state index is 4.54. The van der Waals surface area contributed by atoms with Crippen LogP contribution in [0.25, 0.3) is 0 Å². The molecule has 2 atom stereocenters. The van der Waals surface area contributed by atoms with Crippen LogP contribution in [0.15, 0.2) is 4.99 Å². The van der Waals surface area contributed by atoms with Gasteiger partial charge in [-0.1, -0.05) is 20.3 Å². The lowest BCUT2D eigenvalue weighted by atomic mass is 9.78. The summed E-state index contributed by atoms with van der Waals surface area (Å²) in [5, 5.41) is 3.63. The van der Waals surface area contributed by atoms with Crippen molar-refractivity contribution >= 4 is 5.96 Å². The molecule has 122 valence electrons. The molecule has 0 radical (unpaired) electrons. The van der Waals surface area contributed by atoms with Gasteiger partial charge >= 0.3 is 0 Å². The quantitative estimate of drug-likeness (QED) is 0.638. The molecule has 0 spiro atoms. The molecule has 0 aromatic carbocycles. The number of aliphatic imine (C=N–C) groups is 1. The fourth-order valence-electron chi connectivity index (χ4n) is 4.08. The molecule has 2 heterocycles. The first-order chi connectivity index (χ1) is 10.1. The first kappa shape index (κ1) is 16.6. The predicted octanol–water partition coefficient (Wildman–Crippen LogP) is 2.56. The summed E-state index contributed by atoms with van der Waals surface area (Å²) in [6.07, 6.45) is 7.91. The average Bonchev–Trinajstić information content (AvgIpc) is 2.85. The number of nitrogens with zero attached hydrogens (tertiary/aromatic N) is 3. The summed E-state index contributed by atoms with van der Waals surface area (Å²) < 4.78 is 0. The van der Waals surface area contributed by atoms with Crippen LogP contribution < -0.4 is 5.32 Å². The van der Waals surface area contributed by atoms with Crippen molar-refractivity contribution < 1.29 is 0 Å². The molecule has 2 aliphatic rings. The number of hydrogen-bond donors (Lipinski definition) is 1. The minimum atomic E-state index is 0.467. The van der Waals surface area contributed by atoms with E-state index in [4.69, 9.17) is 0 Å². The maximum absolute atomic E-state index is 4.54. The zero-order valence-corrected chi connectivity index (χ0v) is 14.5. The summed E-state index contributed by atoms with van der Waals surface area (Å²) in [4.78, 5) is 9.49. The Hall–Kier alpha value is -0.770. The number of rotatable bonds is 4. The molecule has 0 aromatic rings. The summed E-state index contributed by atoms with van der Waals surface area (Å²) in [7, 11) is 4.16. The largest absolute Gasteiger partial charge is 0.355 e. The van der Waals surface area contributed by atoms with E-state index in [2.05, 4.69) is 41.0 Å². The van der Waals surface area contributed by atoms with E-state index in [0.717, 1.165) is 25.6 Å². The van der Waals surface area contributed by atoms with Crippen molar-refractivity contribution in [1.82, 2.24) is 15.1 Å². The fraction of sp³-hybridized carbons (Fsp3) is 0.941. The third-order valence-electron chi connectivity index (χ3n) is 5.31. The van der Waals surface area contributed by atoms with Crippen molar-refractivity contribution in [2.24, 2.45) is 10.4 Å². The van der Waals surface area contributed by atoms with Gasteiger partial charge in [0.25, 0.3) is 0 Å². The molecule has 0 saturated carbocycles. The highest BCUT2D eigenvalue weighted by Crippen LogP contribution is 2.33. The molecular formula is C17H34N4. The first-order valence-electron chi connectivity index (χ1n) is 8.74. The molecule has 0 amide bonds. The SMILES string of the molecule is CCCC1(C)CCCN(C(=NC)NCC2CCCN2C)C1. The van der Waals surface area contributed by atoms with E-state index in [-0.39, 0.29) is 0 Å². The van der Waals surface area contributed by atoms with Crippen LogP contribution in [0.5, 0.6) is 0 Å². The maximum Gasteiger partial charge on any atom is 0.193 e. The summed E-state index contributed by atoms with van der Waals surface area (Å²) in [5.74, 6) is 1.11. The molecular weight excluding hydrogens is 260 g/mol. The summed E-state index contributed by atoms with van der Waals surface area (Å²) in [5.41, 5.74) is 0.467. The highest BCUT2D eigenvalue weighted by molar-refractivity contribution is 5.80. The Balaban J connectivity index is 1.88. The molecule has 1 N–H and O–H groups in total. The Morgan fingerprint density at radius 1 is 1.33 bits per heavy atom. The van der Waals surface area contributed by atoms with E-state index < -0.39 is 0 Å². The number of hydrogen-bond acceptors (Lipinski definition) is 2. The number of nitrogens with one attached hydrogen (secondary N) is 1. The van der Waals surface area contributed by atoms with Gasteiger partial charge in [-0.05, 0) is 51.1 Å². The molecule has 2 unspecified atom stereocenters. The topological polar surface area (TPSA) is 30.9 Å². The standard InChI is InChI=1S/C17H34N4/c1-5-9-17(2)10-7-12-21(14-17)16(18-3)19-13-15-8-6-11-20(15)4/h15H,5-14H2,1-4H3,(H,18,19). The summed E-state index contributed by atoms with van der Waals surface area (Å²) in [6.45, 7) is 9.32. The summed E-state index contributed by atoms with van der Waals surface area (Å²) >= 11 is 0. The van der Waals surface area contributed by atoms with Crippen molar-refractivity contribution in [3.8, 4) is 0 Å². The van der Waals surface area contributed by atoms with Gasteiger partial charge in [-0.3, -0.25) is 4.99 Å². The Bertz CT molecular complexity index is 351. The molecule has 4 heteroatoms. The second kappa shape index (κ2) is 7.48. The number of likely N-dealkylation sites (N-methyl/N-ethyl adjacent to an activating group) is 1. The molecule has 2 rings (SSSR count). The van der Waals surface area contributed by atoms with Crippen LogP contribution in [0.3, 0.4) is 0 Å². The van der Waals surface area contributed by atoms with Crippen LogP contribution in [-0.4, -0.2) is 62.1 Å². The van der Waals surface area contributed by atoms with Gasteiger partial charge in [-0.2, -0.15) is 0 Å². The molecule has 0 aromatic heterocycles. The van der Waals surface area contributed by atoms with Crippen LogP contribution in [0, 0.1) is 5.41 Å². The van der Waals surface area contributed by atoms with Crippen LogP contribution in [0.2, 0.25) is 0 Å². The van der Waals surface area contributed by atoms with Gasteiger partial charge in [0, 0.05) is 32.7 Å². The number of piperidine rings is 1. The van der Waals surface area contributed by atoms with E-state index in [9.17, 15) is 0 Å². The molecule has 4 nitrogen and oxygen atoms in total. The zero-order valence-electron chi connectivity index (χ0n) is 14.5. The highest BCUT2D eigenvalue weighted by Gasteiger charge is 2.31. The van der Waals surface area contributed by atoms with E-state index >= 15 is 0 Å². The van der Waals surface area contributed by atoms with Crippen LogP contribution in [0.4, 0.5) is 0 Å². The monoisotopic (exact) mass is 294 g/mol. The van der Waals surface area contributed by atoms with Crippen molar-refractivity contribution in [3.63, 3.8) is 0 Å². The van der Waals surface area contributed by atoms with Gasteiger partial charge in [0.15, 0.2) is 5.96 Å². The third-order valence-corrected chi connectivity index (χ3v) is 5.31. The van der Waals surface area contributed by atoms with Gasteiger partial charge in [0.05, 0.1) is 0 Å². The lowest BCUT2D eigenvalue weighted by molar-refractivity contribution is 0.142. The lowest BCUT2D eigenvalue weighted by Gasteiger charge is -2.42. The van der Waals surface area contributed by atoms with Gasteiger partial charge < -0.3 is 15.1 Å². The third kappa shape index (κ3) is 4.35. The second-order valence-electron chi connectivity index (χ2n) is 7.29. The molecule has 2 aliphatic heterocycles. The Morgan fingerprint density at radius 2 is 2.14 bits per heavy atom. The van der Waals surface area contributed by atoms with Crippen molar-refractivity contribution in [1.29, 1.82) is 0 Å². The minimum absolute atomic E-state index is 0.467. The smallest absolute Gasteiger partial charge is 0.193 e. The minimum Gasteiger partial charge on any atom is -0.355 e. The van der Waals surface area contributed by atoms with Crippen LogP contribution in [-0.2, 0) is 0 Å². The van der Waals surface area contributed by atoms with Crippen molar-refractivity contribution in [2.75, 3.05) is 40.3 Å². The van der Waals surface area contributed by atoms with Crippen molar-refractivity contribution in [2.45, 2.75) is 58.4 Å². The van der Waals surface area contributed by atoms with Crippen LogP contribution in [0.1, 0.15) is 52.4 Å².